The second-order valence-corrected chi connectivity index (χ2v) is 4.31. The average Bonchev–Trinajstić information content (AvgIpc) is 2.94. The van der Waals surface area contributed by atoms with E-state index >= 15 is 0 Å². The topological polar surface area (TPSA) is 140 Å². The Morgan fingerprint density at radius 2 is 2.00 bits per heavy atom. The van der Waals surface area contributed by atoms with Crippen molar-refractivity contribution >= 4 is 44.3 Å². The number of aromatic nitrogens is 4. The summed E-state index contributed by atoms with van der Waals surface area (Å²) in [5.41, 5.74) is 6.44. The number of nitrogens with zero attached hydrogens (tertiary/aromatic N) is 4. The van der Waals surface area contributed by atoms with Crippen molar-refractivity contribution in [3.8, 4) is 0 Å². The number of aliphatic hydroxyl groups excluding tert-OH is 3. The van der Waals surface area contributed by atoms with Crippen molar-refractivity contribution in [3.05, 3.63) is 12.7 Å². The number of nitrogen functional groups attached to an aromatic ring is 1. The van der Waals surface area contributed by atoms with Gasteiger partial charge in [0.05, 0.1) is 12.9 Å². The number of aliphatic hydroxyl groups is 3. The maximum absolute atomic E-state index is 9.95. The summed E-state index contributed by atoms with van der Waals surface area (Å²) in [5.74, 6) is 0.218. The van der Waals surface area contributed by atoms with Gasteiger partial charge in [-0.15, -0.1) is 0 Å². The van der Waals surface area contributed by atoms with Crippen molar-refractivity contribution in [2.45, 2.75) is 24.5 Å². The molecule has 3 heterocycles. The number of hydrogen-bond acceptors (Lipinski definition) is 8. The van der Waals surface area contributed by atoms with Crippen LogP contribution in [0.4, 0.5) is 5.82 Å². The molecule has 5 N–H and O–H groups in total. The molecule has 0 aromatic carbocycles. The molecule has 2 aromatic rings. The van der Waals surface area contributed by atoms with Gasteiger partial charge in [-0.3, -0.25) is 4.57 Å². The molecule has 0 unspecified atom stereocenters. The monoisotopic (exact) mass is 477 g/mol. The third-order valence-corrected chi connectivity index (χ3v) is 3.18. The van der Waals surface area contributed by atoms with Crippen LogP contribution in [0.2, 0.25) is 0 Å². The third-order valence-electron chi connectivity index (χ3n) is 3.18. The van der Waals surface area contributed by atoms with Gasteiger partial charge in [-0.05, 0) is 0 Å². The molecule has 0 aliphatic carbocycles. The van der Waals surface area contributed by atoms with Crippen LogP contribution in [-0.4, -0.2) is 87.1 Å². The molecule has 4 atom stereocenters. The molecule has 0 bridgehead atoms. The van der Waals surface area contributed by atoms with Crippen LogP contribution in [0.25, 0.3) is 11.2 Å². The van der Waals surface area contributed by atoms with Gasteiger partial charge in [0.1, 0.15) is 30.2 Å². The zero-order valence-corrected chi connectivity index (χ0v) is 16.0. The Hall–Kier alpha value is -0.888. The first-order valence-corrected chi connectivity index (χ1v) is 5.69. The Bertz CT molecular complexity index is 608. The Morgan fingerprint density at radius 3 is 2.65 bits per heavy atom. The Morgan fingerprint density at radius 1 is 1.25 bits per heavy atom. The number of rotatable bonds is 2. The molecule has 9 nitrogen and oxygen atoms in total. The molecule has 108 valence electrons. The van der Waals surface area contributed by atoms with Crippen molar-refractivity contribution in [1.82, 2.24) is 19.5 Å². The second-order valence-electron chi connectivity index (χ2n) is 4.31. The first-order valence-electron chi connectivity index (χ1n) is 5.69. The second kappa shape index (κ2) is 5.85. The van der Waals surface area contributed by atoms with Crippen LogP contribution in [0.15, 0.2) is 12.7 Å². The van der Waals surface area contributed by atoms with E-state index in [4.69, 9.17) is 15.6 Å². The summed E-state index contributed by atoms with van der Waals surface area (Å²) in [6, 6.07) is 0. The summed E-state index contributed by atoms with van der Waals surface area (Å²) in [5, 5.41) is 28.7. The third kappa shape index (κ3) is 2.28. The molecule has 2 aromatic heterocycles. The van der Waals surface area contributed by atoms with Crippen LogP contribution in [0.1, 0.15) is 6.23 Å². The zero-order valence-electron chi connectivity index (χ0n) is 10.5. The van der Waals surface area contributed by atoms with Gasteiger partial charge in [0.2, 0.25) is 0 Å². The van der Waals surface area contributed by atoms with E-state index in [1.807, 2.05) is 0 Å². The number of anilines is 1. The zero-order chi connectivity index (χ0) is 13.6. The van der Waals surface area contributed by atoms with Crippen molar-refractivity contribution in [1.29, 1.82) is 0 Å². The normalized spacial score (nSPS) is 29.6. The van der Waals surface area contributed by atoms with E-state index in [9.17, 15) is 10.2 Å². The molecule has 20 heavy (non-hydrogen) atoms. The van der Waals surface area contributed by atoms with Crippen LogP contribution in [0, 0.1) is 0 Å². The van der Waals surface area contributed by atoms with E-state index in [0.29, 0.717) is 11.2 Å². The number of ether oxygens (including phenoxy) is 1. The fourth-order valence-electron chi connectivity index (χ4n) is 2.17. The van der Waals surface area contributed by atoms with Crippen LogP contribution in [0.3, 0.4) is 0 Å². The van der Waals surface area contributed by atoms with Gasteiger partial charge in [-0.25, -0.2) is 15.0 Å². The number of imidazole rings is 1. The molecule has 1 fully saturated rings. The van der Waals surface area contributed by atoms with E-state index < -0.39 is 31.1 Å². The fraction of sp³-hybridized carbons (Fsp3) is 0.500. The molecule has 0 saturated carbocycles. The summed E-state index contributed by atoms with van der Waals surface area (Å²) >= 11 is 0. The standard InChI is InChI=1S/C10H13N5O4.Pb.2H/c11-8-5-9(13-2-12-8)15(3-14-5)10-7(18)6(17)4(1-16)19-10;;;/h2-4,6-7,10,16-18H,1H2,(H2,11,12,13);;;/t4-,6-,7-,10-;;;/m1.../s1. The fourth-order valence-corrected chi connectivity index (χ4v) is 2.17. The van der Waals surface area contributed by atoms with Gasteiger partial charge in [0.25, 0.3) is 0 Å². The minimum absolute atomic E-state index is 0. The molecule has 1 saturated heterocycles. The average molecular weight is 476 g/mol. The summed E-state index contributed by atoms with van der Waals surface area (Å²) < 4.78 is 6.85. The summed E-state index contributed by atoms with van der Waals surface area (Å²) in [4.78, 5) is 11.9. The summed E-state index contributed by atoms with van der Waals surface area (Å²) in [6.45, 7) is -0.390. The summed E-state index contributed by atoms with van der Waals surface area (Å²) in [6.07, 6.45) is -1.42. The van der Waals surface area contributed by atoms with Gasteiger partial charge < -0.3 is 25.8 Å². The Kier molecular flexibility index (Phi) is 4.53. The first-order chi connectivity index (χ1) is 9.13. The molecule has 0 spiro atoms. The molecular weight excluding hydrogens is 461 g/mol. The van der Waals surface area contributed by atoms with Gasteiger partial charge in [-0.2, -0.15) is 0 Å². The number of hydrogen-bond donors (Lipinski definition) is 4. The Balaban J connectivity index is 0.00000147. The molecule has 3 rings (SSSR count). The predicted molar refractivity (Wildman–Crippen MR) is 71.3 cm³/mol. The van der Waals surface area contributed by atoms with Crippen molar-refractivity contribution in [3.63, 3.8) is 0 Å². The Labute approximate surface area is 133 Å². The molecule has 10 heteroatoms. The van der Waals surface area contributed by atoms with Crippen LogP contribution in [-0.2, 0) is 4.74 Å². The van der Waals surface area contributed by atoms with E-state index in [1.54, 1.807) is 0 Å². The van der Waals surface area contributed by atoms with Gasteiger partial charge in [0.15, 0.2) is 17.7 Å². The maximum atomic E-state index is 9.95. The van der Waals surface area contributed by atoms with Crippen LogP contribution < -0.4 is 5.73 Å². The van der Waals surface area contributed by atoms with Gasteiger partial charge in [0, 0.05) is 0 Å². The SMILES string of the molecule is Nc1ncnc2c1ncn2[C@@H]1O[C@H](CO)[C@@H](O)[C@H]1O.[PbH2]. The molecule has 2 radical (unpaired) electrons. The molecular formula is C10H15N5O4Pb. The van der Waals surface area contributed by atoms with Crippen molar-refractivity contribution < 1.29 is 20.1 Å². The first kappa shape index (κ1) is 15.5. The predicted octanol–water partition coefficient (Wildman–Crippen LogP) is -2.90. The van der Waals surface area contributed by atoms with Crippen LogP contribution in [0.5, 0.6) is 0 Å². The summed E-state index contributed by atoms with van der Waals surface area (Å²) in [7, 11) is 0. The molecule has 0 amide bonds. The quantitative estimate of drug-likeness (QED) is 0.339. The van der Waals surface area contributed by atoms with Crippen molar-refractivity contribution in [2.24, 2.45) is 0 Å². The number of nitrogens with two attached hydrogens (primary N) is 1. The molecule has 1 aliphatic rings. The molecule has 1 aliphatic heterocycles. The van der Waals surface area contributed by atoms with Gasteiger partial charge >= 0.3 is 27.3 Å². The van der Waals surface area contributed by atoms with E-state index in [0.717, 1.165) is 0 Å². The van der Waals surface area contributed by atoms with E-state index in [1.165, 1.54) is 17.2 Å². The van der Waals surface area contributed by atoms with E-state index in [2.05, 4.69) is 15.0 Å². The van der Waals surface area contributed by atoms with Gasteiger partial charge in [-0.1, -0.05) is 0 Å². The van der Waals surface area contributed by atoms with Crippen LogP contribution >= 0.6 is 0 Å². The van der Waals surface area contributed by atoms with Crippen molar-refractivity contribution in [2.75, 3.05) is 12.3 Å². The van der Waals surface area contributed by atoms with E-state index in [-0.39, 0.29) is 33.1 Å². The number of fused-ring (bicyclic) bond motifs is 1. The minimum atomic E-state index is -1.19.